The Morgan fingerprint density at radius 3 is 2.48 bits per heavy atom. The van der Waals surface area contributed by atoms with E-state index in [2.05, 4.69) is 37.1 Å². The first kappa shape index (κ1) is 16.6. The van der Waals surface area contributed by atoms with E-state index >= 15 is 0 Å². The van der Waals surface area contributed by atoms with E-state index in [0.29, 0.717) is 0 Å². The van der Waals surface area contributed by atoms with Crippen LogP contribution in [0.25, 0.3) is 0 Å². The Bertz CT molecular complexity index is 484. The van der Waals surface area contributed by atoms with Gasteiger partial charge in [-0.25, -0.2) is 0 Å². The lowest BCUT2D eigenvalue weighted by Gasteiger charge is -2.38. The molecule has 0 saturated carbocycles. The molecule has 21 heavy (non-hydrogen) atoms. The lowest BCUT2D eigenvalue weighted by Crippen LogP contribution is -2.43. The van der Waals surface area contributed by atoms with Gasteiger partial charge in [-0.05, 0) is 64.3 Å². The fourth-order valence-electron chi connectivity index (χ4n) is 2.59. The van der Waals surface area contributed by atoms with E-state index in [1.54, 1.807) is 0 Å². The Morgan fingerprint density at radius 2 is 1.90 bits per heavy atom. The van der Waals surface area contributed by atoms with Crippen LogP contribution in [0, 0.1) is 0 Å². The van der Waals surface area contributed by atoms with Gasteiger partial charge in [-0.3, -0.25) is 0 Å². The molecular formula is C17H27ClN2O. The number of rotatable bonds is 3. The maximum absolute atomic E-state index is 10.1. The van der Waals surface area contributed by atoms with Crippen LogP contribution in [-0.4, -0.2) is 29.3 Å². The Kier molecular flexibility index (Phi) is 4.86. The summed E-state index contributed by atoms with van der Waals surface area (Å²) in [7, 11) is 0. The summed E-state index contributed by atoms with van der Waals surface area (Å²) in [4.78, 5) is 2.36. The number of anilines is 1. The molecule has 0 spiro atoms. The highest BCUT2D eigenvalue weighted by molar-refractivity contribution is 6.30. The van der Waals surface area contributed by atoms with Crippen molar-refractivity contribution in [2.75, 3.05) is 18.0 Å². The zero-order valence-corrected chi connectivity index (χ0v) is 14.3. The van der Waals surface area contributed by atoms with Crippen LogP contribution in [0.4, 0.5) is 5.69 Å². The van der Waals surface area contributed by atoms with Crippen molar-refractivity contribution >= 4 is 17.3 Å². The van der Waals surface area contributed by atoms with Gasteiger partial charge in [0.25, 0.3) is 0 Å². The van der Waals surface area contributed by atoms with Gasteiger partial charge in [-0.15, -0.1) is 0 Å². The summed E-state index contributed by atoms with van der Waals surface area (Å²) < 4.78 is 0. The van der Waals surface area contributed by atoms with E-state index in [0.717, 1.165) is 37.5 Å². The second kappa shape index (κ2) is 6.15. The molecule has 2 N–H and O–H groups in total. The van der Waals surface area contributed by atoms with E-state index in [1.807, 2.05) is 19.1 Å². The summed E-state index contributed by atoms with van der Waals surface area (Å²) in [6.07, 6.45) is 1.61. The summed E-state index contributed by atoms with van der Waals surface area (Å²) in [6.45, 7) is 11.0. The zero-order chi connectivity index (χ0) is 15.7. The highest BCUT2D eigenvalue weighted by atomic mass is 35.5. The third-order valence-corrected chi connectivity index (χ3v) is 4.27. The number of aliphatic hydroxyl groups is 1. The molecule has 0 aliphatic carbocycles. The van der Waals surface area contributed by atoms with Crippen LogP contribution < -0.4 is 10.2 Å². The second-order valence-electron chi connectivity index (χ2n) is 7.36. The van der Waals surface area contributed by atoms with Gasteiger partial charge in [0, 0.05) is 35.9 Å². The van der Waals surface area contributed by atoms with Crippen molar-refractivity contribution in [1.82, 2.24) is 5.32 Å². The van der Waals surface area contributed by atoms with E-state index < -0.39 is 5.60 Å². The predicted molar refractivity (Wildman–Crippen MR) is 90.1 cm³/mol. The molecular weight excluding hydrogens is 284 g/mol. The van der Waals surface area contributed by atoms with Crippen molar-refractivity contribution in [2.45, 2.75) is 58.2 Å². The number of hydrogen-bond donors (Lipinski definition) is 2. The first-order chi connectivity index (χ1) is 9.66. The highest BCUT2D eigenvalue weighted by Gasteiger charge is 2.28. The molecule has 0 radical (unpaired) electrons. The topological polar surface area (TPSA) is 35.5 Å². The summed E-state index contributed by atoms with van der Waals surface area (Å²) in [5.41, 5.74) is 2.00. The monoisotopic (exact) mass is 310 g/mol. The lowest BCUT2D eigenvalue weighted by molar-refractivity contribution is 0.0351. The molecule has 3 nitrogen and oxygen atoms in total. The van der Waals surface area contributed by atoms with Crippen molar-refractivity contribution in [3.63, 3.8) is 0 Å². The van der Waals surface area contributed by atoms with Gasteiger partial charge in [0.15, 0.2) is 0 Å². The number of halogens is 1. The molecule has 0 bridgehead atoms. The van der Waals surface area contributed by atoms with Crippen molar-refractivity contribution in [3.05, 3.63) is 28.8 Å². The van der Waals surface area contributed by atoms with E-state index in [-0.39, 0.29) is 5.54 Å². The first-order valence-corrected chi connectivity index (χ1v) is 8.05. The summed E-state index contributed by atoms with van der Waals surface area (Å²) >= 11 is 6.16. The molecule has 1 aliphatic rings. The Morgan fingerprint density at radius 1 is 1.29 bits per heavy atom. The third kappa shape index (κ3) is 4.87. The van der Waals surface area contributed by atoms with Crippen molar-refractivity contribution in [2.24, 2.45) is 0 Å². The molecule has 0 aromatic heterocycles. The van der Waals surface area contributed by atoms with Gasteiger partial charge in [-0.1, -0.05) is 11.6 Å². The summed E-state index contributed by atoms with van der Waals surface area (Å²) in [5, 5.41) is 14.4. The predicted octanol–water partition coefficient (Wildman–Crippen LogP) is 3.58. The zero-order valence-electron chi connectivity index (χ0n) is 13.5. The number of hydrogen-bond acceptors (Lipinski definition) is 3. The average Bonchev–Trinajstić information content (AvgIpc) is 2.36. The molecule has 118 valence electrons. The molecule has 1 aromatic rings. The van der Waals surface area contributed by atoms with Crippen LogP contribution in [0.5, 0.6) is 0 Å². The summed E-state index contributed by atoms with van der Waals surface area (Å²) in [5.74, 6) is 0. The number of piperidine rings is 1. The van der Waals surface area contributed by atoms with Crippen LogP contribution in [-0.2, 0) is 6.54 Å². The minimum Gasteiger partial charge on any atom is -0.390 e. The van der Waals surface area contributed by atoms with Gasteiger partial charge in [-0.2, -0.15) is 0 Å². The molecule has 1 fully saturated rings. The first-order valence-electron chi connectivity index (χ1n) is 7.67. The molecule has 0 atom stereocenters. The van der Waals surface area contributed by atoms with Crippen LogP contribution >= 0.6 is 11.6 Å². The van der Waals surface area contributed by atoms with Gasteiger partial charge < -0.3 is 15.3 Å². The minimum atomic E-state index is -0.521. The van der Waals surface area contributed by atoms with Crippen molar-refractivity contribution in [1.29, 1.82) is 0 Å². The molecule has 1 aromatic carbocycles. The van der Waals surface area contributed by atoms with E-state index in [1.165, 1.54) is 11.3 Å². The SMILES string of the molecule is CC1(O)CCN(c2ccc(Cl)cc2CNC(C)(C)C)CC1. The van der Waals surface area contributed by atoms with Crippen molar-refractivity contribution < 1.29 is 5.11 Å². The van der Waals surface area contributed by atoms with Crippen molar-refractivity contribution in [3.8, 4) is 0 Å². The minimum absolute atomic E-state index is 0.0746. The van der Waals surface area contributed by atoms with E-state index in [4.69, 9.17) is 11.6 Å². The molecule has 0 amide bonds. The van der Waals surface area contributed by atoms with Crippen LogP contribution in [0.2, 0.25) is 5.02 Å². The Balaban J connectivity index is 2.15. The van der Waals surface area contributed by atoms with Gasteiger partial charge in [0.05, 0.1) is 5.60 Å². The maximum Gasteiger partial charge on any atom is 0.0653 e. The normalized spacial score (nSPS) is 18.9. The van der Waals surface area contributed by atoms with Gasteiger partial charge in [0.2, 0.25) is 0 Å². The van der Waals surface area contributed by atoms with Gasteiger partial charge in [0.1, 0.15) is 0 Å². The van der Waals surface area contributed by atoms with E-state index in [9.17, 15) is 5.11 Å². The van der Waals surface area contributed by atoms with Crippen LogP contribution in [0.1, 0.15) is 46.1 Å². The number of benzene rings is 1. The molecule has 1 heterocycles. The fourth-order valence-corrected chi connectivity index (χ4v) is 2.79. The smallest absolute Gasteiger partial charge is 0.0653 e. The Labute approximate surface area is 133 Å². The maximum atomic E-state index is 10.1. The Hall–Kier alpha value is -0.770. The lowest BCUT2D eigenvalue weighted by atomic mass is 9.93. The second-order valence-corrected chi connectivity index (χ2v) is 7.80. The third-order valence-electron chi connectivity index (χ3n) is 4.03. The standard InChI is InChI=1S/C17H27ClN2O/c1-16(2,3)19-12-13-11-14(18)5-6-15(13)20-9-7-17(4,21)8-10-20/h5-6,11,19,21H,7-10,12H2,1-4H3. The molecule has 1 saturated heterocycles. The average molecular weight is 311 g/mol. The highest BCUT2D eigenvalue weighted by Crippen LogP contribution is 2.30. The van der Waals surface area contributed by atoms with Crippen LogP contribution in [0.15, 0.2) is 18.2 Å². The van der Waals surface area contributed by atoms with Crippen LogP contribution in [0.3, 0.4) is 0 Å². The molecule has 4 heteroatoms. The molecule has 1 aliphatic heterocycles. The fraction of sp³-hybridized carbons (Fsp3) is 0.647. The quantitative estimate of drug-likeness (QED) is 0.896. The van der Waals surface area contributed by atoms with Gasteiger partial charge >= 0.3 is 0 Å². The largest absolute Gasteiger partial charge is 0.390 e. The molecule has 2 rings (SSSR count). The number of nitrogens with zero attached hydrogens (tertiary/aromatic N) is 1. The molecule has 0 unspecified atom stereocenters. The number of nitrogens with one attached hydrogen (secondary N) is 1. The summed E-state index contributed by atoms with van der Waals surface area (Å²) in [6, 6.07) is 6.09.